The van der Waals surface area contributed by atoms with Crippen molar-refractivity contribution in [1.82, 2.24) is 20.4 Å². The van der Waals surface area contributed by atoms with Gasteiger partial charge in [-0.1, -0.05) is 5.16 Å². The second-order valence-corrected chi connectivity index (χ2v) is 6.41. The minimum atomic E-state index is -0.187. The molecule has 0 unspecified atom stereocenters. The van der Waals surface area contributed by atoms with Crippen LogP contribution in [0.15, 0.2) is 10.6 Å². The molecule has 0 fully saturated rings. The fourth-order valence-corrected chi connectivity index (χ4v) is 2.86. The molecule has 0 saturated carbocycles. The molecule has 0 aliphatic heterocycles. The van der Waals surface area contributed by atoms with Crippen LogP contribution < -0.4 is 15.5 Å². The van der Waals surface area contributed by atoms with Gasteiger partial charge in [-0.05, 0) is 26.2 Å². The van der Waals surface area contributed by atoms with Crippen LogP contribution in [0.25, 0.3) is 0 Å². The van der Waals surface area contributed by atoms with Crippen molar-refractivity contribution in [3.05, 3.63) is 28.8 Å². The topological polar surface area (TPSA) is 96.2 Å². The highest BCUT2D eigenvalue weighted by Gasteiger charge is 2.23. The molecule has 0 spiro atoms. The lowest BCUT2D eigenvalue weighted by atomic mass is 9.96. The predicted octanol–water partition coefficient (Wildman–Crippen LogP) is 1.56. The minimum absolute atomic E-state index is 0.187. The summed E-state index contributed by atoms with van der Waals surface area (Å²) in [7, 11) is 3.87. The Morgan fingerprint density at radius 2 is 2.04 bits per heavy atom. The third kappa shape index (κ3) is 4.07. The molecule has 0 saturated heterocycles. The van der Waals surface area contributed by atoms with Crippen LogP contribution in [-0.4, -0.2) is 48.2 Å². The number of aryl methyl sites for hydroxylation is 2. The third-order valence-electron chi connectivity index (χ3n) is 4.16. The molecule has 2 aromatic heterocycles. The lowest BCUT2D eigenvalue weighted by Crippen LogP contribution is -2.30. The quantitative estimate of drug-likeness (QED) is 0.768. The van der Waals surface area contributed by atoms with E-state index in [0.717, 1.165) is 48.5 Å². The largest absolute Gasteiger partial charge is 0.363 e. The molecule has 1 aliphatic carbocycles. The van der Waals surface area contributed by atoms with Crippen molar-refractivity contribution >= 4 is 17.7 Å². The summed E-state index contributed by atoms with van der Waals surface area (Å²) in [5.74, 6) is 2.07. The van der Waals surface area contributed by atoms with Gasteiger partial charge in [-0.25, -0.2) is 4.98 Å². The summed E-state index contributed by atoms with van der Waals surface area (Å²) in [5.41, 5.74) is 2.28. The van der Waals surface area contributed by atoms with E-state index in [0.29, 0.717) is 24.7 Å². The van der Waals surface area contributed by atoms with Crippen LogP contribution in [0.4, 0.5) is 11.8 Å². The average molecular weight is 344 g/mol. The van der Waals surface area contributed by atoms with Gasteiger partial charge in [-0.3, -0.25) is 4.79 Å². The smallest absolute Gasteiger partial charge is 0.273 e. The number of aromatic nitrogens is 3. The van der Waals surface area contributed by atoms with Gasteiger partial charge < -0.3 is 20.1 Å². The Kier molecular flexibility index (Phi) is 5.16. The standard InChI is InChI=1S/C17H24N6O2/c1-11-10-14(23(2)3)21-17(20-11)19-9-8-18-16(24)15-12-6-4-5-7-13(12)25-22-15/h10H,4-9H2,1-3H3,(H,18,24)(H,19,20,21). The number of nitrogens with zero attached hydrogens (tertiary/aromatic N) is 4. The molecule has 2 heterocycles. The Morgan fingerprint density at radius 3 is 2.84 bits per heavy atom. The lowest BCUT2D eigenvalue weighted by Gasteiger charge is -2.14. The van der Waals surface area contributed by atoms with Crippen molar-refractivity contribution in [2.75, 3.05) is 37.4 Å². The lowest BCUT2D eigenvalue weighted by molar-refractivity contribution is 0.0945. The molecule has 1 amide bonds. The number of hydrogen-bond acceptors (Lipinski definition) is 7. The van der Waals surface area contributed by atoms with E-state index >= 15 is 0 Å². The Balaban J connectivity index is 1.52. The van der Waals surface area contributed by atoms with E-state index in [1.165, 1.54) is 0 Å². The summed E-state index contributed by atoms with van der Waals surface area (Å²) in [6, 6.07) is 1.92. The molecule has 3 rings (SSSR count). The number of anilines is 2. The Bertz CT molecular complexity index is 756. The van der Waals surface area contributed by atoms with E-state index in [2.05, 4.69) is 25.8 Å². The van der Waals surface area contributed by atoms with Gasteiger partial charge in [-0.15, -0.1) is 0 Å². The maximum absolute atomic E-state index is 12.3. The highest BCUT2D eigenvalue weighted by molar-refractivity contribution is 5.93. The summed E-state index contributed by atoms with van der Waals surface area (Å²) in [6.07, 6.45) is 3.91. The highest BCUT2D eigenvalue weighted by atomic mass is 16.5. The fourth-order valence-electron chi connectivity index (χ4n) is 2.86. The molecule has 0 atom stereocenters. The number of rotatable bonds is 6. The van der Waals surface area contributed by atoms with Crippen LogP contribution in [-0.2, 0) is 12.8 Å². The molecular formula is C17H24N6O2. The summed E-state index contributed by atoms with van der Waals surface area (Å²) in [6.45, 7) is 2.91. The summed E-state index contributed by atoms with van der Waals surface area (Å²) in [5, 5.41) is 9.94. The van der Waals surface area contributed by atoms with Crippen LogP contribution in [0.3, 0.4) is 0 Å². The first-order valence-electron chi connectivity index (χ1n) is 8.57. The SMILES string of the molecule is Cc1cc(N(C)C)nc(NCCNC(=O)c2noc3c2CCCC3)n1. The van der Waals surface area contributed by atoms with Gasteiger partial charge in [0.25, 0.3) is 5.91 Å². The van der Waals surface area contributed by atoms with Gasteiger partial charge in [0.1, 0.15) is 11.6 Å². The number of nitrogens with one attached hydrogen (secondary N) is 2. The molecule has 1 aliphatic rings. The minimum Gasteiger partial charge on any atom is -0.363 e. The van der Waals surface area contributed by atoms with E-state index in [-0.39, 0.29) is 5.91 Å². The zero-order chi connectivity index (χ0) is 17.8. The number of fused-ring (bicyclic) bond motifs is 1. The van der Waals surface area contributed by atoms with Crippen molar-refractivity contribution < 1.29 is 9.32 Å². The van der Waals surface area contributed by atoms with E-state index in [1.807, 2.05) is 32.0 Å². The van der Waals surface area contributed by atoms with Crippen molar-refractivity contribution in [3.8, 4) is 0 Å². The monoisotopic (exact) mass is 344 g/mol. The highest BCUT2D eigenvalue weighted by Crippen LogP contribution is 2.24. The molecule has 0 bridgehead atoms. The second-order valence-electron chi connectivity index (χ2n) is 6.41. The molecule has 134 valence electrons. The molecule has 25 heavy (non-hydrogen) atoms. The Hall–Kier alpha value is -2.64. The average Bonchev–Trinajstić information content (AvgIpc) is 3.02. The van der Waals surface area contributed by atoms with E-state index < -0.39 is 0 Å². The number of carbonyl (C=O) groups is 1. The van der Waals surface area contributed by atoms with Crippen LogP contribution in [0, 0.1) is 6.92 Å². The van der Waals surface area contributed by atoms with E-state index in [1.54, 1.807) is 0 Å². The van der Waals surface area contributed by atoms with Gasteiger partial charge in [0, 0.05) is 50.9 Å². The maximum atomic E-state index is 12.3. The van der Waals surface area contributed by atoms with Crippen molar-refractivity contribution in [3.63, 3.8) is 0 Å². The summed E-state index contributed by atoms with van der Waals surface area (Å²) < 4.78 is 5.28. The first-order chi connectivity index (χ1) is 12.0. The molecule has 8 nitrogen and oxygen atoms in total. The van der Waals surface area contributed by atoms with Crippen molar-refractivity contribution in [2.45, 2.75) is 32.6 Å². The molecule has 2 N–H and O–H groups in total. The zero-order valence-corrected chi connectivity index (χ0v) is 14.9. The first kappa shape index (κ1) is 17.2. The third-order valence-corrected chi connectivity index (χ3v) is 4.16. The second kappa shape index (κ2) is 7.50. The number of amides is 1. The number of hydrogen-bond donors (Lipinski definition) is 2. The van der Waals surface area contributed by atoms with Gasteiger partial charge in [0.15, 0.2) is 5.69 Å². The van der Waals surface area contributed by atoms with E-state index in [4.69, 9.17) is 4.52 Å². The Labute approximate surface area is 147 Å². The number of carbonyl (C=O) groups excluding carboxylic acids is 1. The molecule has 0 radical (unpaired) electrons. The normalized spacial score (nSPS) is 13.2. The first-order valence-corrected chi connectivity index (χ1v) is 8.57. The summed E-state index contributed by atoms with van der Waals surface area (Å²) in [4.78, 5) is 23.0. The van der Waals surface area contributed by atoms with Gasteiger partial charge in [-0.2, -0.15) is 4.98 Å². The van der Waals surface area contributed by atoms with Gasteiger partial charge in [0.05, 0.1) is 0 Å². The molecular weight excluding hydrogens is 320 g/mol. The Morgan fingerprint density at radius 1 is 1.24 bits per heavy atom. The molecule has 8 heteroatoms. The predicted molar refractivity (Wildman–Crippen MR) is 95.1 cm³/mol. The fraction of sp³-hybridized carbons (Fsp3) is 0.529. The van der Waals surface area contributed by atoms with Gasteiger partial charge in [0.2, 0.25) is 5.95 Å². The van der Waals surface area contributed by atoms with Crippen LogP contribution >= 0.6 is 0 Å². The van der Waals surface area contributed by atoms with Crippen LogP contribution in [0.2, 0.25) is 0 Å². The van der Waals surface area contributed by atoms with E-state index in [9.17, 15) is 4.79 Å². The van der Waals surface area contributed by atoms with Crippen molar-refractivity contribution in [2.24, 2.45) is 0 Å². The van der Waals surface area contributed by atoms with Crippen LogP contribution in [0.1, 0.15) is 40.3 Å². The molecule has 2 aromatic rings. The maximum Gasteiger partial charge on any atom is 0.273 e. The van der Waals surface area contributed by atoms with Crippen molar-refractivity contribution in [1.29, 1.82) is 0 Å². The van der Waals surface area contributed by atoms with Gasteiger partial charge >= 0.3 is 0 Å². The van der Waals surface area contributed by atoms with Crippen LogP contribution in [0.5, 0.6) is 0 Å². The summed E-state index contributed by atoms with van der Waals surface area (Å²) >= 11 is 0. The molecule has 0 aromatic carbocycles. The zero-order valence-electron chi connectivity index (χ0n) is 14.9.